The molecular formula is C13H22N2O5. The van der Waals surface area contributed by atoms with Crippen molar-refractivity contribution in [2.75, 3.05) is 6.54 Å². The molecule has 0 aromatic rings. The van der Waals surface area contributed by atoms with Crippen molar-refractivity contribution < 1.29 is 24.6 Å². The molecule has 7 heteroatoms. The van der Waals surface area contributed by atoms with E-state index in [1.165, 1.54) is 4.90 Å². The summed E-state index contributed by atoms with van der Waals surface area (Å²) in [5.74, 6) is -2.21. The number of amides is 1. The summed E-state index contributed by atoms with van der Waals surface area (Å²) < 4.78 is 0. The maximum atomic E-state index is 12.2. The molecule has 114 valence electrons. The molecule has 1 aliphatic heterocycles. The van der Waals surface area contributed by atoms with Gasteiger partial charge in [0, 0.05) is 13.0 Å². The van der Waals surface area contributed by atoms with Crippen LogP contribution in [-0.2, 0) is 14.4 Å². The minimum Gasteiger partial charge on any atom is -0.481 e. The van der Waals surface area contributed by atoms with Crippen LogP contribution in [0.5, 0.6) is 0 Å². The number of nitrogens with zero attached hydrogens (tertiary/aromatic N) is 1. The van der Waals surface area contributed by atoms with Crippen LogP contribution in [0, 0.1) is 5.92 Å². The Hall–Kier alpha value is -1.63. The van der Waals surface area contributed by atoms with Crippen LogP contribution in [0.3, 0.4) is 0 Å². The molecule has 1 aliphatic rings. The third-order valence-corrected chi connectivity index (χ3v) is 3.84. The van der Waals surface area contributed by atoms with Crippen LogP contribution >= 0.6 is 0 Å². The van der Waals surface area contributed by atoms with Crippen molar-refractivity contribution in [2.45, 2.75) is 51.1 Å². The molecule has 0 spiro atoms. The van der Waals surface area contributed by atoms with Crippen molar-refractivity contribution in [1.29, 1.82) is 0 Å². The first-order chi connectivity index (χ1) is 9.36. The number of carbonyl (C=O) groups excluding carboxylic acids is 1. The zero-order valence-electron chi connectivity index (χ0n) is 11.6. The van der Waals surface area contributed by atoms with Gasteiger partial charge in [-0.15, -0.1) is 0 Å². The molecular weight excluding hydrogens is 264 g/mol. The zero-order valence-corrected chi connectivity index (χ0v) is 11.6. The minimum atomic E-state index is -1.03. The molecule has 1 rings (SSSR count). The molecule has 0 saturated carbocycles. The molecule has 0 aromatic carbocycles. The van der Waals surface area contributed by atoms with Gasteiger partial charge in [0.25, 0.3) is 0 Å². The molecule has 0 aliphatic carbocycles. The van der Waals surface area contributed by atoms with Crippen molar-refractivity contribution in [1.82, 2.24) is 4.90 Å². The van der Waals surface area contributed by atoms with Crippen LogP contribution in [0.25, 0.3) is 0 Å². The van der Waals surface area contributed by atoms with Crippen LogP contribution in [0.1, 0.15) is 39.0 Å². The highest BCUT2D eigenvalue weighted by Gasteiger charge is 2.37. The molecule has 20 heavy (non-hydrogen) atoms. The van der Waals surface area contributed by atoms with E-state index in [0.29, 0.717) is 18.9 Å². The van der Waals surface area contributed by atoms with E-state index in [2.05, 4.69) is 0 Å². The van der Waals surface area contributed by atoms with Gasteiger partial charge in [0.15, 0.2) is 0 Å². The number of likely N-dealkylation sites (tertiary alicyclic amines) is 1. The van der Waals surface area contributed by atoms with E-state index in [4.69, 9.17) is 10.8 Å². The quantitative estimate of drug-likeness (QED) is 0.645. The summed E-state index contributed by atoms with van der Waals surface area (Å²) in [5, 5.41) is 17.8. The number of hydrogen-bond donors (Lipinski definition) is 3. The fourth-order valence-corrected chi connectivity index (χ4v) is 2.52. The number of nitrogens with two attached hydrogens (primary N) is 1. The van der Waals surface area contributed by atoms with Crippen LogP contribution in [0.2, 0.25) is 0 Å². The lowest BCUT2D eigenvalue weighted by Crippen LogP contribution is -2.55. The molecule has 1 amide bonds. The maximum absolute atomic E-state index is 12.2. The van der Waals surface area contributed by atoms with Crippen LogP contribution < -0.4 is 5.73 Å². The van der Waals surface area contributed by atoms with Crippen molar-refractivity contribution in [2.24, 2.45) is 11.7 Å². The predicted octanol–water partition coefficient (Wildman–Crippen LogP) is 0.280. The Kier molecular flexibility index (Phi) is 5.94. The molecule has 3 atom stereocenters. The second-order valence-corrected chi connectivity index (χ2v) is 5.22. The summed E-state index contributed by atoms with van der Waals surface area (Å²) in [4.78, 5) is 35.2. The normalized spacial score (nSPS) is 24.2. The molecule has 7 nitrogen and oxygen atoms in total. The lowest BCUT2D eigenvalue weighted by Gasteiger charge is -2.38. The Morgan fingerprint density at radius 3 is 2.50 bits per heavy atom. The molecule has 1 heterocycles. The number of carboxylic acid groups (broad SMARTS) is 2. The van der Waals surface area contributed by atoms with E-state index in [1.54, 1.807) is 0 Å². The summed E-state index contributed by atoms with van der Waals surface area (Å²) in [6.45, 7) is 2.37. The standard InChI is InChI=1S/C13H22N2O5/c1-2-8-5-6-15(10(7-8)13(19)20)12(18)9(14)3-4-11(16)17/h8-10H,2-7,14H2,1H3,(H,16,17)(H,19,20). The van der Waals surface area contributed by atoms with Crippen molar-refractivity contribution in [3.63, 3.8) is 0 Å². The number of rotatable bonds is 6. The Morgan fingerprint density at radius 1 is 1.35 bits per heavy atom. The smallest absolute Gasteiger partial charge is 0.326 e. The summed E-state index contributed by atoms with van der Waals surface area (Å²) >= 11 is 0. The SMILES string of the molecule is CCC1CCN(C(=O)C(N)CCC(=O)O)C(C(=O)O)C1. The number of piperidine rings is 1. The minimum absolute atomic E-state index is 0.0220. The number of hydrogen-bond acceptors (Lipinski definition) is 4. The Balaban J connectivity index is 2.69. The van der Waals surface area contributed by atoms with Crippen molar-refractivity contribution in [3.05, 3.63) is 0 Å². The fourth-order valence-electron chi connectivity index (χ4n) is 2.52. The predicted molar refractivity (Wildman–Crippen MR) is 71.0 cm³/mol. The average Bonchev–Trinajstić information content (AvgIpc) is 2.43. The summed E-state index contributed by atoms with van der Waals surface area (Å²) in [5.41, 5.74) is 5.68. The second-order valence-electron chi connectivity index (χ2n) is 5.22. The van der Waals surface area contributed by atoms with E-state index in [0.717, 1.165) is 12.8 Å². The van der Waals surface area contributed by atoms with Gasteiger partial charge in [-0.2, -0.15) is 0 Å². The Morgan fingerprint density at radius 2 is 2.00 bits per heavy atom. The Bertz CT molecular complexity index is 385. The van der Waals surface area contributed by atoms with Crippen LogP contribution in [0.15, 0.2) is 0 Å². The first-order valence-electron chi connectivity index (χ1n) is 6.87. The summed E-state index contributed by atoms with van der Waals surface area (Å²) in [7, 11) is 0. The first-order valence-corrected chi connectivity index (χ1v) is 6.87. The number of aliphatic carboxylic acids is 2. The lowest BCUT2D eigenvalue weighted by atomic mass is 9.88. The first kappa shape index (κ1) is 16.4. The number of carbonyl (C=O) groups is 3. The monoisotopic (exact) mass is 286 g/mol. The highest BCUT2D eigenvalue weighted by atomic mass is 16.4. The van der Waals surface area contributed by atoms with Gasteiger partial charge in [0.2, 0.25) is 5.91 Å². The van der Waals surface area contributed by atoms with Crippen molar-refractivity contribution in [3.8, 4) is 0 Å². The zero-order chi connectivity index (χ0) is 15.3. The van der Waals surface area contributed by atoms with Gasteiger partial charge in [0.1, 0.15) is 6.04 Å². The Labute approximate surface area is 117 Å². The van der Waals surface area contributed by atoms with E-state index in [-0.39, 0.29) is 12.8 Å². The second kappa shape index (κ2) is 7.23. The van der Waals surface area contributed by atoms with Gasteiger partial charge >= 0.3 is 11.9 Å². The molecule has 0 bridgehead atoms. The molecule has 0 aromatic heterocycles. The fraction of sp³-hybridized carbons (Fsp3) is 0.769. The molecule has 3 unspecified atom stereocenters. The van der Waals surface area contributed by atoms with Gasteiger partial charge in [0.05, 0.1) is 6.04 Å². The maximum Gasteiger partial charge on any atom is 0.326 e. The van der Waals surface area contributed by atoms with Gasteiger partial charge in [-0.3, -0.25) is 9.59 Å². The number of carboxylic acids is 2. The van der Waals surface area contributed by atoms with Crippen molar-refractivity contribution >= 4 is 17.8 Å². The van der Waals surface area contributed by atoms with Gasteiger partial charge in [-0.1, -0.05) is 13.3 Å². The van der Waals surface area contributed by atoms with Crippen LogP contribution in [-0.4, -0.2) is 51.6 Å². The van der Waals surface area contributed by atoms with E-state index >= 15 is 0 Å². The average molecular weight is 286 g/mol. The highest BCUT2D eigenvalue weighted by molar-refractivity contribution is 5.87. The molecule has 1 saturated heterocycles. The highest BCUT2D eigenvalue weighted by Crippen LogP contribution is 2.26. The van der Waals surface area contributed by atoms with E-state index < -0.39 is 29.9 Å². The summed E-state index contributed by atoms with van der Waals surface area (Å²) in [6, 6.07) is -1.80. The third-order valence-electron chi connectivity index (χ3n) is 3.84. The van der Waals surface area contributed by atoms with Gasteiger partial charge in [-0.05, 0) is 25.2 Å². The summed E-state index contributed by atoms with van der Waals surface area (Å²) in [6.07, 6.45) is 1.90. The van der Waals surface area contributed by atoms with Crippen LogP contribution in [0.4, 0.5) is 0 Å². The molecule has 1 fully saturated rings. The van der Waals surface area contributed by atoms with E-state index in [1.807, 2.05) is 6.92 Å². The molecule has 0 radical (unpaired) electrons. The topological polar surface area (TPSA) is 121 Å². The largest absolute Gasteiger partial charge is 0.481 e. The van der Waals surface area contributed by atoms with Gasteiger partial charge < -0.3 is 20.8 Å². The van der Waals surface area contributed by atoms with Gasteiger partial charge in [-0.25, -0.2) is 4.79 Å². The third kappa shape index (κ3) is 4.19. The van der Waals surface area contributed by atoms with E-state index in [9.17, 15) is 19.5 Å². The molecule has 4 N–H and O–H groups in total. The lowest BCUT2D eigenvalue weighted by molar-refractivity contribution is -0.154.